The van der Waals surface area contributed by atoms with Crippen molar-refractivity contribution < 1.29 is 4.79 Å². The Kier molecular flexibility index (Phi) is 5.82. The van der Waals surface area contributed by atoms with Crippen molar-refractivity contribution in [3.63, 3.8) is 0 Å². The van der Waals surface area contributed by atoms with Crippen molar-refractivity contribution in [1.29, 1.82) is 0 Å². The fraction of sp³-hybridized carbons (Fsp3) is 0.560. The highest BCUT2D eigenvalue weighted by Crippen LogP contribution is 2.58. The molecule has 1 N–H and O–H groups in total. The Hall–Kier alpha value is -2.07. The minimum Gasteiger partial charge on any atom is -0.310 e. The zero-order chi connectivity index (χ0) is 20.5. The van der Waals surface area contributed by atoms with Gasteiger partial charge in [-0.3, -0.25) is 4.79 Å². The van der Waals surface area contributed by atoms with E-state index in [-0.39, 0.29) is 0 Å². The van der Waals surface area contributed by atoms with Gasteiger partial charge in [-0.25, -0.2) is 0 Å². The van der Waals surface area contributed by atoms with Crippen LogP contribution in [0.25, 0.3) is 11.3 Å². The minimum absolute atomic E-state index is 0.421. The number of carbonyl (C=O) groups excluding carboxylic acids is 1. The fourth-order valence-electron chi connectivity index (χ4n) is 5.23. The van der Waals surface area contributed by atoms with Crippen LogP contribution < -0.4 is 5.32 Å². The molecule has 4 rings (SSSR count). The van der Waals surface area contributed by atoms with Gasteiger partial charge in [0.25, 0.3) is 0 Å². The molecule has 0 radical (unpaired) electrons. The normalized spacial score (nSPS) is 22.5. The second-order valence-electron chi connectivity index (χ2n) is 9.67. The number of hydrogen-bond donors (Lipinski definition) is 1. The first-order valence-electron chi connectivity index (χ1n) is 11.1. The topological polar surface area (TPSA) is 54.9 Å². The van der Waals surface area contributed by atoms with E-state index in [1.165, 1.54) is 16.7 Å². The maximum absolute atomic E-state index is 12.5. The molecule has 1 aromatic carbocycles. The average molecular weight is 392 g/mol. The Morgan fingerprint density at radius 1 is 1.14 bits per heavy atom. The second kappa shape index (κ2) is 8.35. The van der Waals surface area contributed by atoms with Crippen molar-refractivity contribution in [2.24, 2.45) is 11.8 Å². The van der Waals surface area contributed by atoms with Gasteiger partial charge in [0.1, 0.15) is 5.78 Å². The highest BCUT2D eigenvalue weighted by Gasteiger charge is 2.46. The van der Waals surface area contributed by atoms with Crippen LogP contribution in [-0.2, 0) is 11.3 Å². The lowest BCUT2D eigenvalue weighted by atomic mass is 9.79. The van der Waals surface area contributed by atoms with Gasteiger partial charge in [0.15, 0.2) is 0 Å². The quantitative estimate of drug-likeness (QED) is 0.669. The molecule has 2 aromatic rings. The molecular formula is C25H33N3O. The van der Waals surface area contributed by atoms with Gasteiger partial charge in [-0.05, 0) is 53.2 Å². The van der Waals surface area contributed by atoms with Crippen LogP contribution in [0.3, 0.4) is 0 Å². The van der Waals surface area contributed by atoms with Crippen LogP contribution in [0.4, 0.5) is 0 Å². The number of hydrogen-bond acceptors (Lipinski definition) is 4. The summed E-state index contributed by atoms with van der Waals surface area (Å²) in [6.45, 7) is 9.45. The molecule has 0 amide bonds. The molecule has 4 heteroatoms. The summed E-state index contributed by atoms with van der Waals surface area (Å²) in [5, 5.41) is 12.3. The first-order chi connectivity index (χ1) is 13.9. The molecule has 0 spiro atoms. The lowest BCUT2D eigenvalue weighted by molar-refractivity contribution is -0.120. The monoisotopic (exact) mass is 391 g/mol. The van der Waals surface area contributed by atoms with Crippen LogP contribution in [0.5, 0.6) is 0 Å². The summed E-state index contributed by atoms with van der Waals surface area (Å²) in [5.41, 5.74) is 6.19. The van der Waals surface area contributed by atoms with Crippen LogP contribution in [0.2, 0.25) is 0 Å². The lowest BCUT2D eigenvalue weighted by Gasteiger charge is -2.25. The van der Waals surface area contributed by atoms with Crippen molar-refractivity contribution in [1.82, 2.24) is 15.5 Å². The highest BCUT2D eigenvalue weighted by atomic mass is 16.1. The number of nitrogens with zero attached hydrogens (tertiary/aromatic N) is 2. The summed E-state index contributed by atoms with van der Waals surface area (Å²) in [7, 11) is 0. The number of benzene rings is 1. The first kappa shape index (κ1) is 20.2. The number of carbonyl (C=O) groups is 1. The molecule has 1 aromatic heterocycles. The number of nitrogens with one attached hydrogen (secondary N) is 1. The smallest absolute Gasteiger partial charge is 0.133 e. The largest absolute Gasteiger partial charge is 0.310 e. The average Bonchev–Trinajstić information content (AvgIpc) is 3.25. The number of Topliss-reactive ketones (excluding diaryl/α,β-unsaturated/α-hetero) is 1. The van der Waals surface area contributed by atoms with E-state index in [0.29, 0.717) is 41.9 Å². The van der Waals surface area contributed by atoms with Gasteiger partial charge in [-0.1, -0.05) is 52.0 Å². The van der Waals surface area contributed by atoms with Gasteiger partial charge in [-0.15, -0.1) is 0 Å². The summed E-state index contributed by atoms with van der Waals surface area (Å²) in [4.78, 5) is 12.5. The fourth-order valence-corrected chi connectivity index (χ4v) is 5.23. The van der Waals surface area contributed by atoms with E-state index < -0.39 is 0 Å². The lowest BCUT2D eigenvalue weighted by Crippen LogP contribution is -2.21. The minimum atomic E-state index is 0.421. The number of aromatic nitrogens is 2. The van der Waals surface area contributed by atoms with Gasteiger partial charge in [0.05, 0.1) is 11.9 Å². The van der Waals surface area contributed by atoms with E-state index >= 15 is 0 Å². The van der Waals surface area contributed by atoms with E-state index in [0.717, 1.165) is 37.1 Å². The molecule has 2 bridgehead atoms. The summed E-state index contributed by atoms with van der Waals surface area (Å²) >= 11 is 0. The maximum Gasteiger partial charge on any atom is 0.133 e. The van der Waals surface area contributed by atoms with E-state index in [9.17, 15) is 4.79 Å². The Balaban J connectivity index is 1.56. The summed E-state index contributed by atoms with van der Waals surface area (Å²) in [5.74, 6) is 2.34. The zero-order valence-electron chi connectivity index (χ0n) is 18.1. The summed E-state index contributed by atoms with van der Waals surface area (Å²) in [6, 6.07) is 9.19. The Morgan fingerprint density at radius 3 is 2.59 bits per heavy atom. The predicted octanol–water partition coefficient (Wildman–Crippen LogP) is 5.24. The Bertz CT molecular complexity index is 872. The molecule has 3 unspecified atom stereocenters. The Morgan fingerprint density at radius 2 is 1.90 bits per heavy atom. The summed E-state index contributed by atoms with van der Waals surface area (Å²) in [6.07, 6.45) is 5.68. The molecule has 1 saturated carbocycles. The molecule has 154 valence electrons. The Labute approximate surface area is 174 Å². The zero-order valence-corrected chi connectivity index (χ0v) is 18.1. The number of fused-ring (bicyclic) bond motifs is 5. The third kappa shape index (κ3) is 4.28. The van der Waals surface area contributed by atoms with E-state index in [4.69, 9.17) is 0 Å². The number of rotatable bonds is 8. The molecule has 4 nitrogen and oxygen atoms in total. The molecule has 3 atom stereocenters. The summed E-state index contributed by atoms with van der Waals surface area (Å²) < 4.78 is 0. The van der Waals surface area contributed by atoms with Crippen molar-refractivity contribution >= 4 is 5.78 Å². The van der Waals surface area contributed by atoms with Gasteiger partial charge in [-0.2, -0.15) is 10.2 Å². The van der Waals surface area contributed by atoms with Gasteiger partial charge >= 0.3 is 0 Å². The van der Waals surface area contributed by atoms with Crippen LogP contribution >= 0.6 is 0 Å². The van der Waals surface area contributed by atoms with Gasteiger partial charge in [0.2, 0.25) is 0 Å². The third-order valence-electron chi connectivity index (χ3n) is 6.49. The third-order valence-corrected chi connectivity index (χ3v) is 6.49. The van der Waals surface area contributed by atoms with Crippen LogP contribution in [0.15, 0.2) is 30.5 Å². The van der Waals surface area contributed by atoms with Crippen molar-refractivity contribution in [2.75, 3.05) is 0 Å². The molecular weight excluding hydrogens is 358 g/mol. The van der Waals surface area contributed by atoms with Crippen molar-refractivity contribution in [3.8, 4) is 11.3 Å². The molecule has 2 aliphatic carbocycles. The van der Waals surface area contributed by atoms with Gasteiger partial charge in [0, 0.05) is 31.0 Å². The first-order valence-corrected chi connectivity index (χ1v) is 11.1. The molecule has 1 fully saturated rings. The maximum atomic E-state index is 12.5. The SMILES string of the molecule is CC(C)CC(=O)CC1CC2CC1c1c2cnnc1-c1ccc(CNC(C)C)cc1. The molecule has 0 aliphatic heterocycles. The van der Waals surface area contributed by atoms with Crippen molar-refractivity contribution in [3.05, 3.63) is 47.2 Å². The predicted molar refractivity (Wildman–Crippen MR) is 117 cm³/mol. The van der Waals surface area contributed by atoms with E-state index in [1.807, 2.05) is 6.20 Å². The van der Waals surface area contributed by atoms with Crippen molar-refractivity contribution in [2.45, 2.75) is 77.8 Å². The van der Waals surface area contributed by atoms with Crippen LogP contribution in [0.1, 0.15) is 81.9 Å². The molecule has 2 aliphatic rings. The molecule has 0 saturated heterocycles. The second-order valence-corrected chi connectivity index (χ2v) is 9.67. The standard InChI is InChI=1S/C25H33N3O/c1-15(2)9-21(29)11-19-10-20-12-22(19)24-23(20)14-27-28-25(24)18-7-5-17(6-8-18)13-26-16(3)4/h5-8,14-16,19-20,22,26H,9-13H2,1-4H3. The number of ketones is 1. The van der Waals surface area contributed by atoms with E-state index in [1.54, 1.807) is 0 Å². The molecule has 1 heterocycles. The van der Waals surface area contributed by atoms with Gasteiger partial charge < -0.3 is 5.32 Å². The van der Waals surface area contributed by atoms with E-state index in [2.05, 4.69) is 67.5 Å². The highest BCUT2D eigenvalue weighted by molar-refractivity contribution is 5.79. The van der Waals surface area contributed by atoms with Crippen LogP contribution in [-0.4, -0.2) is 22.0 Å². The molecule has 29 heavy (non-hydrogen) atoms. The van der Waals surface area contributed by atoms with Crippen LogP contribution in [0, 0.1) is 11.8 Å².